The van der Waals surface area contributed by atoms with Crippen LogP contribution in [0.4, 0.5) is 5.69 Å². The lowest BCUT2D eigenvalue weighted by Gasteiger charge is -2.21. The molecule has 0 amide bonds. The van der Waals surface area contributed by atoms with Gasteiger partial charge in [0.05, 0.1) is 17.4 Å². The maximum atomic E-state index is 4.99. The Bertz CT molecular complexity index is 2570. The summed E-state index contributed by atoms with van der Waals surface area (Å²) >= 11 is 0. The van der Waals surface area contributed by atoms with E-state index in [0.29, 0.717) is 0 Å². The largest absolute Gasteiger partial charge is 0.387 e. The topological polar surface area (TPSA) is 39.7 Å². The average molecular weight is 681 g/mol. The smallest absolute Gasteiger partial charge is 0.0911 e. The van der Waals surface area contributed by atoms with Gasteiger partial charge in [0, 0.05) is 6.54 Å². The van der Waals surface area contributed by atoms with Crippen LogP contribution in [-0.2, 0) is 0 Å². The van der Waals surface area contributed by atoms with Crippen molar-refractivity contribution in [3.8, 4) is 33.4 Å². The molecule has 0 saturated carbocycles. The molecule has 10 rings (SSSR count). The van der Waals surface area contributed by atoms with Gasteiger partial charge >= 0.3 is 0 Å². The maximum absolute atomic E-state index is 4.99. The summed E-state index contributed by atoms with van der Waals surface area (Å²) in [5.41, 5.74) is 17.8. The highest BCUT2D eigenvalue weighted by atomic mass is 15.7. The summed E-state index contributed by atoms with van der Waals surface area (Å²) in [6.45, 7) is 0.811. The second-order valence-electron chi connectivity index (χ2n) is 13.7. The summed E-state index contributed by atoms with van der Waals surface area (Å²) in [7, 11) is 0. The molecule has 4 nitrogen and oxygen atoms in total. The number of hydrogen-bond acceptors (Lipinski definition) is 4. The fourth-order valence-corrected chi connectivity index (χ4v) is 7.97. The van der Waals surface area contributed by atoms with Gasteiger partial charge in [-0.05, 0) is 126 Å². The lowest BCUT2D eigenvalue weighted by molar-refractivity contribution is 0.700. The second-order valence-corrected chi connectivity index (χ2v) is 13.7. The van der Waals surface area contributed by atoms with Crippen LogP contribution in [0.15, 0.2) is 193 Å². The van der Waals surface area contributed by atoms with E-state index >= 15 is 0 Å². The highest BCUT2D eigenvalue weighted by Gasteiger charge is 2.27. The summed E-state index contributed by atoms with van der Waals surface area (Å²) in [4.78, 5) is 0. The normalized spacial score (nSPS) is 16.3. The lowest BCUT2D eigenvalue weighted by atomic mass is 9.85. The van der Waals surface area contributed by atoms with E-state index in [2.05, 4.69) is 193 Å². The Kier molecular flexibility index (Phi) is 7.67. The number of rotatable bonds is 6. The van der Waals surface area contributed by atoms with Crippen molar-refractivity contribution < 1.29 is 0 Å². The van der Waals surface area contributed by atoms with Crippen LogP contribution in [0.25, 0.3) is 66.1 Å². The van der Waals surface area contributed by atoms with E-state index in [1.165, 1.54) is 77.2 Å². The summed E-state index contributed by atoms with van der Waals surface area (Å²) in [5.74, 6) is 0. The first-order valence-electron chi connectivity index (χ1n) is 18.2. The molecular weight excluding hydrogens is 645 g/mol. The SMILES string of the molecule is C1=CNCC(c2c3ccccc3c(-c3ccc(N4N=C5C=CC(c6cc(-c7ccccc7)cc(-c7ccccc7)c6)=CC5N4)cc3)c3ccccc23)=C1. The van der Waals surface area contributed by atoms with Crippen LogP contribution in [0.1, 0.15) is 11.1 Å². The molecule has 0 bridgehead atoms. The quantitative estimate of drug-likeness (QED) is 0.172. The Morgan fingerprint density at radius 3 is 1.68 bits per heavy atom. The van der Waals surface area contributed by atoms with Gasteiger partial charge in [0.2, 0.25) is 0 Å². The minimum Gasteiger partial charge on any atom is -0.387 e. The second kappa shape index (κ2) is 13.1. The number of allylic oxidation sites excluding steroid dienone is 4. The van der Waals surface area contributed by atoms with Gasteiger partial charge in [-0.1, -0.05) is 140 Å². The van der Waals surface area contributed by atoms with Crippen LogP contribution >= 0.6 is 0 Å². The molecule has 1 aliphatic carbocycles. The monoisotopic (exact) mass is 680 g/mol. The van der Waals surface area contributed by atoms with E-state index in [-0.39, 0.29) is 6.04 Å². The van der Waals surface area contributed by atoms with Gasteiger partial charge in [-0.25, -0.2) is 0 Å². The number of nitrogens with zero attached hydrogens (tertiary/aromatic N) is 2. The zero-order chi connectivity index (χ0) is 35.1. The zero-order valence-corrected chi connectivity index (χ0v) is 29.1. The summed E-state index contributed by atoms with van der Waals surface area (Å²) in [6.07, 6.45) is 13.0. The van der Waals surface area contributed by atoms with Gasteiger partial charge in [0.1, 0.15) is 0 Å². The fraction of sp³-hybridized carbons (Fsp3) is 0.0408. The first kappa shape index (κ1) is 31.0. The van der Waals surface area contributed by atoms with Crippen LogP contribution in [-0.4, -0.2) is 18.3 Å². The van der Waals surface area contributed by atoms with Crippen molar-refractivity contribution in [2.75, 3.05) is 11.7 Å². The average Bonchev–Trinajstić information content (AvgIpc) is 3.67. The fourth-order valence-electron chi connectivity index (χ4n) is 7.97. The van der Waals surface area contributed by atoms with Crippen LogP contribution in [0.5, 0.6) is 0 Å². The Balaban J connectivity index is 0.973. The van der Waals surface area contributed by atoms with Crippen LogP contribution < -0.4 is 15.9 Å². The third kappa shape index (κ3) is 5.66. The van der Waals surface area contributed by atoms with E-state index in [0.717, 1.165) is 17.9 Å². The highest BCUT2D eigenvalue weighted by Crippen LogP contribution is 2.42. The van der Waals surface area contributed by atoms with Gasteiger partial charge in [-0.2, -0.15) is 15.6 Å². The number of nitrogens with one attached hydrogen (secondary N) is 2. The summed E-state index contributed by atoms with van der Waals surface area (Å²) < 4.78 is 0. The molecule has 0 fully saturated rings. The minimum atomic E-state index is -0.0332. The van der Waals surface area contributed by atoms with E-state index in [1.807, 2.05) is 11.3 Å². The van der Waals surface area contributed by atoms with Crippen LogP contribution in [0.3, 0.4) is 0 Å². The Hall–Kier alpha value is -6.75. The standard InChI is InChI=1S/C49H36N4/c1-3-12-33(13-4-1)38-28-39(34-14-5-2-6-15-34)30-40(29-38)36-23-26-46-47(31-36)52-53(51-46)41-24-21-35(22-25-41)48-42-17-7-9-19-44(42)49(37-16-11-27-50-32-37)45-20-10-8-18-43(45)48/h1-31,47,50,52H,32H2. The van der Waals surface area contributed by atoms with Crippen molar-refractivity contribution in [2.45, 2.75) is 6.04 Å². The molecule has 0 radical (unpaired) electrons. The van der Waals surface area contributed by atoms with E-state index in [9.17, 15) is 0 Å². The van der Waals surface area contributed by atoms with E-state index in [4.69, 9.17) is 5.10 Å². The molecule has 7 aromatic carbocycles. The zero-order valence-electron chi connectivity index (χ0n) is 29.1. The number of dihydropyridines is 1. The van der Waals surface area contributed by atoms with E-state index < -0.39 is 0 Å². The van der Waals surface area contributed by atoms with E-state index in [1.54, 1.807) is 0 Å². The van der Waals surface area contributed by atoms with Crippen molar-refractivity contribution in [2.24, 2.45) is 5.10 Å². The molecule has 2 heterocycles. The number of benzene rings is 7. The lowest BCUT2D eigenvalue weighted by Crippen LogP contribution is -2.37. The Labute approximate surface area is 309 Å². The van der Waals surface area contributed by atoms with Crippen molar-refractivity contribution >= 4 is 44.1 Å². The number of hydrogen-bond donors (Lipinski definition) is 2. The molecule has 2 aliphatic heterocycles. The molecule has 4 heteroatoms. The van der Waals surface area contributed by atoms with Gasteiger partial charge in [0.25, 0.3) is 0 Å². The van der Waals surface area contributed by atoms with Gasteiger partial charge in [0.15, 0.2) is 0 Å². The molecule has 252 valence electrons. The maximum Gasteiger partial charge on any atom is 0.0911 e. The summed E-state index contributed by atoms with van der Waals surface area (Å²) in [5, 5.41) is 15.4. The van der Waals surface area contributed by atoms with Crippen molar-refractivity contribution in [3.63, 3.8) is 0 Å². The predicted molar refractivity (Wildman–Crippen MR) is 223 cm³/mol. The highest BCUT2D eigenvalue weighted by molar-refractivity contribution is 6.19. The third-order valence-corrected chi connectivity index (χ3v) is 10.5. The molecule has 0 aromatic heterocycles. The first-order chi connectivity index (χ1) is 26.3. The minimum absolute atomic E-state index is 0.0332. The van der Waals surface area contributed by atoms with Gasteiger partial charge < -0.3 is 5.32 Å². The third-order valence-electron chi connectivity index (χ3n) is 10.5. The molecule has 0 spiro atoms. The molecule has 0 saturated heterocycles. The number of fused-ring (bicyclic) bond motifs is 3. The molecule has 3 aliphatic rings. The van der Waals surface area contributed by atoms with Crippen molar-refractivity contribution in [1.29, 1.82) is 0 Å². The number of anilines is 1. The molecule has 7 aromatic rings. The molecular formula is C49H36N4. The van der Waals surface area contributed by atoms with Gasteiger partial charge in [-0.3, -0.25) is 0 Å². The molecule has 1 unspecified atom stereocenters. The van der Waals surface area contributed by atoms with Crippen molar-refractivity contribution in [1.82, 2.24) is 10.7 Å². The number of hydrazine groups is 1. The van der Waals surface area contributed by atoms with Crippen LogP contribution in [0, 0.1) is 0 Å². The number of hydrazone groups is 1. The Morgan fingerprint density at radius 1 is 0.528 bits per heavy atom. The van der Waals surface area contributed by atoms with Gasteiger partial charge in [-0.15, -0.1) is 0 Å². The molecule has 2 N–H and O–H groups in total. The Morgan fingerprint density at radius 2 is 1.09 bits per heavy atom. The van der Waals surface area contributed by atoms with Crippen LogP contribution in [0.2, 0.25) is 0 Å². The molecule has 1 atom stereocenters. The molecule has 53 heavy (non-hydrogen) atoms. The van der Waals surface area contributed by atoms with Crippen molar-refractivity contribution in [3.05, 3.63) is 199 Å². The first-order valence-corrected chi connectivity index (χ1v) is 18.2. The predicted octanol–water partition coefficient (Wildman–Crippen LogP) is 11.2. The summed E-state index contributed by atoms with van der Waals surface area (Å²) in [6, 6.07) is 54.5.